The van der Waals surface area contributed by atoms with Crippen LogP contribution in [0.3, 0.4) is 0 Å². The molecule has 1 fully saturated rings. The molecule has 1 aromatic heterocycles. The zero-order valence-electron chi connectivity index (χ0n) is 15.0. The molecule has 0 radical (unpaired) electrons. The fourth-order valence-electron chi connectivity index (χ4n) is 2.98. The molecule has 0 unspecified atom stereocenters. The minimum absolute atomic E-state index is 0.0364. The smallest absolute Gasteiger partial charge is 0.254 e. The van der Waals surface area contributed by atoms with Crippen LogP contribution < -0.4 is 9.47 Å². The van der Waals surface area contributed by atoms with Gasteiger partial charge in [-0.2, -0.15) is 0 Å². The van der Waals surface area contributed by atoms with E-state index in [0.29, 0.717) is 23.7 Å². The highest BCUT2D eigenvalue weighted by Crippen LogP contribution is 2.28. The van der Waals surface area contributed by atoms with Crippen molar-refractivity contribution in [3.63, 3.8) is 0 Å². The van der Waals surface area contributed by atoms with E-state index in [4.69, 9.17) is 9.47 Å². The number of thiophene rings is 1. The molecule has 1 amide bonds. The quantitative estimate of drug-likeness (QED) is 0.700. The molecule has 2 aromatic rings. The van der Waals surface area contributed by atoms with Gasteiger partial charge in [0.2, 0.25) is 0 Å². The third-order valence-electron chi connectivity index (χ3n) is 4.39. The number of amides is 1. The Hall–Kier alpha value is -2.31. The molecular formula is C20H24N2O3S. The molecule has 5 nitrogen and oxygen atoms in total. The number of benzene rings is 1. The highest BCUT2D eigenvalue weighted by molar-refractivity contribution is 7.09. The van der Waals surface area contributed by atoms with Crippen molar-refractivity contribution >= 4 is 17.2 Å². The van der Waals surface area contributed by atoms with Crippen LogP contribution in [0.2, 0.25) is 0 Å². The number of nitrogens with zero attached hydrogens (tertiary/aromatic N) is 2. The van der Waals surface area contributed by atoms with Crippen LogP contribution in [0, 0.1) is 0 Å². The Bertz CT molecular complexity index is 738. The lowest BCUT2D eigenvalue weighted by Crippen LogP contribution is -2.48. The maximum Gasteiger partial charge on any atom is 0.254 e. The standard InChI is InChI=1S/C20H24N2O3S/c1-3-12-25-18-7-6-16(14-19(18)24-2)20(23)22-10-8-21(9-11-22)15-17-5-4-13-26-17/h3-7,13-14H,1,8-12,15H2,2H3. The van der Waals surface area contributed by atoms with Gasteiger partial charge in [0.15, 0.2) is 11.5 Å². The Labute approximate surface area is 158 Å². The minimum atomic E-state index is 0.0364. The molecule has 1 saturated heterocycles. The summed E-state index contributed by atoms with van der Waals surface area (Å²) in [5.74, 6) is 1.22. The van der Waals surface area contributed by atoms with E-state index in [-0.39, 0.29) is 5.91 Å². The summed E-state index contributed by atoms with van der Waals surface area (Å²) < 4.78 is 10.9. The third-order valence-corrected chi connectivity index (χ3v) is 5.25. The van der Waals surface area contributed by atoms with Gasteiger partial charge >= 0.3 is 0 Å². The molecule has 0 saturated carbocycles. The van der Waals surface area contributed by atoms with Gasteiger partial charge in [0.05, 0.1) is 7.11 Å². The fraction of sp³-hybridized carbons (Fsp3) is 0.350. The molecular weight excluding hydrogens is 348 g/mol. The van der Waals surface area contributed by atoms with Gasteiger partial charge < -0.3 is 14.4 Å². The molecule has 26 heavy (non-hydrogen) atoms. The van der Waals surface area contributed by atoms with Crippen molar-refractivity contribution in [2.75, 3.05) is 39.9 Å². The van der Waals surface area contributed by atoms with Gasteiger partial charge in [0.1, 0.15) is 6.61 Å². The highest BCUT2D eigenvalue weighted by atomic mass is 32.1. The lowest BCUT2D eigenvalue weighted by molar-refractivity contribution is 0.0629. The van der Waals surface area contributed by atoms with E-state index in [2.05, 4.69) is 29.0 Å². The molecule has 0 aliphatic carbocycles. The van der Waals surface area contributed by atoms with Crippen LogP contribution in [0.1, 0.15) is 15.2 Å². The third kappa shape index (κ3) is 4.45. The first-order chi connectivity index (χ1) is 12.7. The first-order valence-corrected chi connectivity index (χ1v) is 9.55. The van der Waals surface area contributed by atoms with E-state index in [1.54, 1.807) is 42.7 Å². The molecule has 2 heterocycles. The fourth-order valence-corrected chi connectivity index (χ4v) is 3.73. The molecule has 1 aliphatic heterocycles. The van der Waals surface area contributed by atoms with Gasteiger partial charge in [-0.3, -0.25) is 9.69 Å². The second-order valence-corrected chi connectivity index (χ2v) is 7.15. The summed E-state index contributed by atoms with van der Waals surface area (Å²) in [5, 5.41) is 2.10. The first kappa shape index (κ1) is 18.5. The predicted molar refractivity (Wildman–Crippen MR) is 104 cm³/mol. The van der Waals surface area contributed by atoms with Crippen LogP contribution in [0.15, 0.2) is 48.4 Å². The largest absolute Gasteiger partial charge is 0.493 e. The van der Waals surface area contributed by atoms with Gasteiger partial charge in [-0.1, -0.05) is 18.7 Å². The van der Waals surface area contributed by atoms with Crippen molar-refractivity contribution in [2.24, 2.45) is 0 Å². The van der Waals surface area contributed by atoms with Gasteiger partial charge in [-0.05, 0) is 29.6 Å². The number of rotatable bonds is 7. The van der Waals surface area contributed by atoms with E-state index in [0.717, 1.165) is 32.7 Å². The predicted octanol–water partition coefficient (Wildman–Crippen LogP) is 3.28. The van der Waals surface area contributed by atoms with Crippen molar-refractivity contribution < 1.29 is 14.3 Å². The van der Waals surface area contributed by atoms with Crippen molar-refractivity contribution in [3.8, 4) is 11.5 Å². The Kier molecular flexibility index (Phi) is 6.30. The summed E-state index contributed by atoms with van der Waals surface area (Å²) in [7, 11) is 1.58. The minimum Gasteiger partial charge on any atom is -0.493 e. The molecule has 0 spiro atoms. The Morgan fingerprint density at radius 1 is 1.23 bits per heavy atom. The SMILES string of the molecule is C=CCOc1ccc(C(=O)N2CCN(Cc3cccs3)CC2)cc1OC. The molecule has 138 valence electrons. The van der Waals surface area contributed by atoms with Crippen LogP contribution in [-0.2, 0) is 6.54 Å². The van der Waals surface area contributed by atoms with E-state index < -0.39 is 0 Å². The van der Waals surface area contributed by atoms with E-state index in [9.17, 15) is 4.79 Å². The Morgan fingerprint density at radius 2 is 2.04 bits per heavy atom. The van der Waals surface area contributed by atoms with Gasteiger partial charge in [-0.15, -0.1) is 11.3 Å². The summed E-state index contributed by atoms with van der Waals surface area (Å²) in [6.07, 6.45) is 1.67. The first-order valence-electron chi connectivity index (χ1n) is 8.67. The Morgan fingerprint density at radius 3 is 2.69 bits per heavy atom. The van der Waals surface area contributed by atoms with Crippen molar-refractivity contribution in [1.29, 1.82) is 0 Å². The van der Waals surface area contributed by atoms with Crippen LogP contribution in [0.5, 0.6) is 11.5 Å². The van der Waals surface area contributed by atoms with Crippen LogP contribution in [0.25, 0.3) is 0 Å². The van der Waals surface area contributed by atoms with Crippen LogP contribution in [-0.4, -0.2) is 55.6 Å². The average molecular weight is 372 g/mol. The molecule has 1 aliphatic rings. The lowest BCUT2D eigenvalue weighted by Gasteiger charge is -2.34. The van der Waals surface area contributed by atoms with Crippen molar-refractivity contribution in [3.05, 3.63) is 58.8 Å². The topological polar surface area (TPSA) is 42.0 Å². The van der Waals surface area contributed by atoms with Crippen LogP contribution in [0.4, 0.5) is 0 Å². The maximum atomic E-state index is 12.8. The summed E-state index contributed by atoms with van der Waals surface area (Å²) in [6.45, 7) is 8.25. The van der Waals surface area contributed by atoms with Crippen LogP contribution >= 0.6 is 11.3 Å². The zero-order valence-corrected chi connectivity index (χ0v) is 15.8. The summed E-state index contributed by atoms with van der Waals surface area (Å²) in [5.41, 5.74) is 0.625. The lowest BCUT2D eigenvalue weighted by atomic mass is 10.1. The van der Waals surface area contributed by atoms with Gasteiger partial charge in [0, 0.05) is 43.2 Å². The van der Waals surface area contributed by atoms with E-state index in [1.807, 2.05) is 4.90 Å². The Balaban J connectivity index is 1.60. The number of carbonyl (C=O) groups excluding carboxylic acids is 1. The summed E-state index contributed by atoms with van der Waals surface area (Å²) >= 11 is 1.78. The zero-order chi connectivity index (χ0) is 18.4. The second-order valence-electron chi connectivity index (χ2n) is 6.11. The number of hydrogen-bond donors (Lipinski definition) is 0. The molecule has 0 atom stereocenters. The van der Waals surface area contributed by atoms with E-state index >= 15 is 0 Å². The molecule has 1 aromatic carbocycles. The highest BCUT2D eigenvalue weighted by Gasteiger charge is 2.23. The molecule has 0 N–H and O–H groups in total. The average Bonchev–Trinajstić information content (AvgIpc) is 3.19. The monoisotopic (exact) mass is 372 g/mol. The summed E-state index contributed by atoms with van der Waals surface area (Å²) in [6, 6.07) is 9.56. The molecule has 0 bridgehead atoms. The number of piperazine rings is 1. The second kappa shape index (κ2) is 8.87. The van der Waals surface area contributed by atoms with Crippen molar-refractivity contribution in [2.45, 2.75) is 6.54 Å². The number of methoxy groups -OCH3 is 1. The normalized spacial score (nSPS) is 14.9. The molecule has 6 heteroatoms. The number of hydrogen-bond acceptors (Lipinski definition) is 5. The number of carbonyl (C=O) groups is 1. The van der Waals surface area contributed by atoms with E-state index in [1.165, 1.54) is 4.88 Å². The maximum absolute atomic E-state index is 12.8. The van der Waals surface area contributed by atoms with Gasteiger partial charge in [0.25, 0.3) is 5.91 Å². The molecule has 3 rings (SSSR count). The van der Waals surface area contributed by atoms with Crippen molar-refractivity contribution in [1.82, 2.24) is 9.80 Å². The summed E-state index contributed by atoms with van der Waals surface area (Å²) in [4.78, 5) is 18.5. The number of ether oxygens (including phenoxy) is 2. The van der Waals surface area contributed by atoms with Gasteiger partial charge in [-0.25, -0.2) is 0 Å².